The van der Waals surface area contributed by atoms with Gasteiger partial charge in [0.1, 0.15) is 12.7 Å². The highest BCUT2D eigenvalue weighted by Crippen LogP contribution is 2.25. The van der Waals surface area contributed by atoms with Crippen LogP contribution in [0.2, 0.25) is 0 Å². The molecule has 0 spiro atoms. The van der Waals surface area contributed by atoms with E-state index >= 15 is 0 Å². The molecule has 2 unspecified atom stereocenters. The van der Waals surface area contributed by atoms with Gasteiger partial charge in [0.05, 0.1) is 6.10 Å². The first-order valence-corrected chi connectivity index (χ1v) is 6.74. The van der Waals surface area contributed by atoms with Crippen molar-refractivity contribution in [2.75, 3.05) is 17.3 Å². The van der Waals surface area contributed by atoms with E-state index in [1.165, 1.54) is 17.3 Å². The molecule has 1 saturated carbocycles. The van der Waals surface area contributed by atoms with E-state index in [0.29, 0.717) is 24.4 Å². The van der Waals surface area contributed by atoms with Crippen LogP contribution < -0.4 is 16.6 Å². The fraction of sp³-hybridized carbons (Fsp3) is 0.545. The standard InChI is InChI=1S/C11H17N9O/c12-19-10-16-9(14-4-7-1-2-8(21)3-7)17-11(18-10)20-6-13-5-15-20/h5-8,21H,1-4,12H2,(H2,14,16,17,18,19). The molecule has 2 heterocycles. The Morgan fingerprint density at radius 2 is 2.14 bits per heavy atom. The van der Waals surface area contributed by atoms with Crippen molar-refractivity contribution < 1.29 is 5.11 Å². The number of hydrogen-bond acceptors (Lipinski definition) is 9. The Labute approximate surface area is 120 Å². The predicted molar refractivity (Wildman–Crippen MR) is 74.4 cm³/mol. The molecule has 112 valence electrons. The number of aliphatic hydroxyl groups is 1. The van der Waals surface area contributed by atoms with Crippen molar-refractivity contribution in [1.82, 2.24) is 29.7 Å². The second-order valence-electron chi connectivity index (χ2n) is 4.98. The first kappa shape index (κ1) is 13.6. The lowest BCUT2D eigenvalue weighted by Crippen LogP contribution is -2.18. The lowest BCUT2D eigenvalue weighted by molar-refractivity contribution is 0.178. The third-order valence-corrected chi connectivity index (χ3v) is 3.44. The number of aliphatic hydroxyl groups excluding tert-OH is 1. The third-order valence-electron chi connectivity index (χ3n) is 3.44. The molecule has 0 aromatic carbocycles. The van der Waals surface area contributed by atoms with Gasteiger partial charge in [-0.1, -0.05) is 0 Å². The highest BCUT2D eigenvalue weighted by molar-refractivity contribution is 5.36. The minimum Gasteiger partial charge on any atom is -0.393 e. The van der Waals surface area contributed by atoms with E-state index in [-0.39, 0.29) is 12.1 Å². The summed E-state index contributed by atoms with van der Waals surface area (Å²) in [5, 5.41) is 16.7. The molecule has 0 saturated heterocycles. The van der Waals surface area contributed by atoms with E-state index in [2.05, 4.69) is 35.8 Å². The van der Waals surface area contributed by atoms with Gasteiger partial charge in [-0.3, -0.25) is 5.43 Å². The summed E-state index contributed by atoms with van der Waals surface area (Å²) in [6.07, 6.45) is 5.34. The molecule has 21 heavy (non-hydrogen) atoms. The van der Waals surface area contributed by atoms with E-state index in [9.17, 15) is 5.11 Å². The van der Waals surface area contributed by atoms with E-state index in [0.717, 1.165) is 19.3 Å². The van der Waals surface area contributed by atoms with Crippen molar-refractivity contribution in [3.05, 3.63) is 12.7 Å². The Morgan fingerprint density at radius 3 is 2.81 bits per heavy atom. The van der Waals surface area contributed by atoms with Gasteiger partial charge in [-0.15, -0.1) is 0 Å². The fourth-order valence-corrected chi connectivity index (χ4v) is 2.39. The SMILES string of the molecule is NNc1nc(NCC2CCC(O)C2)nc(-n2cncn2)n1. The maximum atomic E-state index is 9.53. The second-order valence-corrected chi connectivity index (χ2v) is 4.98. The van der Waals surface area contributed by atoms with Gasteiger partial charge in [-0.25, -0.2) is 10.8 Å². The number of nitrogens with zero attached hydrogens (tertiary/aromatic N) is 6. The summed E-state index contributed by atoms with van der Waals surface area (Å²) in [6.45, 7) is 0.696. The normalized spacial score (nSPS) is 21.4. The van der Waals surface area contributed by atoms with Crippen molar-refractivity contribution in [2.45, 2.75) is 25.4 Å². The van der Waals surface area contributed by atoms with Gasteiger partial charge in [-0.2, -0.15) is 24.7 Å². The summed E-state index contributed by atoms with van der Waals surface area (Å²) in [5.41, 5.74) is 2.40. The number of anilines is 2. The van der Waals surface area contributed by atoms with E-state index in [4.69, 9.17) is 5.84 Å². The Hall–Kier alpha value is -2.33. The number of nitrogen functional groups attached to an aromatic ring is 1. The topological polar surface area (TPSA) is 140 Å². The molecular formula is C11H17N9O. The summed E-state index contributed by atoms with van der Waals surface area (Å²) < 4.78 is 1.42. The van der Waals surface area contributed by atoms with Gasteiger partial charge in [0.2, 0.25) is 11.9 Å². The van der Waals surface area contributed by atoms with Crippen molar-refractivity contribution in [3.8, 4) is 5.95 Å². The molecule has 5 N–H and O–H groups in total. The van der Waals surface area contributed by atoms with Crippen molar-refractivity contribution in [2.24, 2.45) is 11.8 Å². The van der Waals surface area contributed by atoms with Gasteiger partial charge >= 0.3 is 0 Å². The van der Waals surface area contributed by atoms with E-state index < -0.39 is 0 Å². The molecule has 10 nitrogen and oxygen atoms in total. The van der Waals surface area contributed by atoms with Gasteiger partial charge in [0.15, 0.2) is 0 Å². The second kappa shape index (κ2) is 5.97. The minimum atomic E-state index is -0.192. The Kier molecular flexibility index (Phi) is 3.88. The molecule has 0 radical (unpaired) electrons. The smallest absolute Gasteiger partial charge is 0.258 e. The highest BCUT2D eigenvalue weighted by Gasteiger charge is 2.22. The van der Waals surface area contributed by atoms with Gasteiger partial charge in [-0.05, 0) is 25.2 Å². The number of nitrogens with two attached hydrogens (primary N) is 1. The van der Waals surface area contributed by atoms with E-state index in [1.54, 1.807) is 0 Å². The van der Waals surface area contributed by atoms with Crippen LogP contribution in [0.1, 0.15) is 19.3 Å². The number of nitrogens with one attached hydrogen (secondary N) is 2. The zero-order valence-corrected chi connectivity index (χ0v) is 11.3. The zero-order valence-electron chi connectivity index (χ0n) is 11.3. The van der Waals surface area contributed by atoms with Crippen LogP contribution in [0.15, 0.2) is 12.7 Å². The summed E-state index contributed by atoms with van der Waals surface area (Å²) in [6, 6.07) is 0. The first-order valence-electron chi connectivity index (χ1n) is 6.74. The van der Waals surface area contributed by atoms with Gasteiger partial charge in [0, 0.05) is 6.54 Å². The lowest BCUT2D eigenvalue weighted by Gasteiger charge is -2.12. The number of aromatic nitrogens is 6. The third kappa shape index (κ3) is 3.23. The van der Waals surface area contributed by atoms with Crippen LogP contribution in [0, 0.1) is 5.92 Å². The Morgan fingerprint density at radius 1 is 1.29 bits per heavy atom. The molecule has 0 amide bonds. The summed E-state index contributed by atoms with van der Waals surface area (Å²) >= 11 is 0. The minimum absolute atomic E-state index is 0.192. The summed E-state index contributed by atoms with van der Waals surface area (Å²) in [5.74, 6) is 6.76. The average molecular weight is 291 g/mol. The lowest BCUT2D eigenvalue weighted by atomic mass is 10.1. The molecule has 2 aromatic heterocycles. The van der Waals surface area contributed by atoms with Gasteiger partial charge in [0.25, 0.3) is 5.95 Å². The van der Waals surface area contributed by atoms with Crippen LogP contribution in [0.5, 0.6) is 0 Å². The highest BCUT2D eigenvalue weighted by atomic mass is 16.3. The Balaban J connectivity index is 1.73. The van der Waals surface area contributed by atoms with E-state index in [1.807, 2.05) is 0 Å². The van der Waals surface area contributed by atoms with Gasteiger partial charge < -0.3 is 10.4 Å². The first-order chi connectivity index (χ1) is 10.2. The average Bonchev–Trinajstić information content (AvgIpc) is 3.16. The van der Waals surface area contributed by atoms with Crippen LogP contribution >= 0.6 is 0 Å². The predicted octanol–water partition coefficient (Wildman–Crippen LogP) is -0.689. The molecule has 0 bridgehead atoms. The summed E-state index contributed by atoms with van der Waals surface area (Å²) in [4.78, 5) is 16.4. The van der Waals surface area contributed by atoms with Crippen LogP contribution in [0.4, 0.5) is 11.9 Å². The van der Waals surface area contributed by atoms with Crippen molar-refractivity contribution in [3.63, 3.8) is 0 Å². The van der Waals surface area contributed by atoms with Crippen LogP contribution in [-0.4, -0.2) is 47.5 Å². The largest absolute Gasteiger partial charge is 0.393 e. The van der Waals surface area contributed by atoms with Crippen LogP contribution in [0.25, 0.3) is 5.95 Å². The molecule has 3 rings (SSSR count). The molecule has 2 atom stereocenters. The monoisotopic (exact) mass is 291 g/mol. The molecular weight excluding hydrogens is 274 g/mol. The molecule has 10 heteroatoms. The maximum Gasteiger partial charge on any atom is 0.258 e. The maximum absolute atomic E-state index is 9.53. The molecule has 2 aromatic rings. The molecule has 1 aliphatic rings. The van der Waals surface area contributed by atoms with Crippen molar-refractivity contribution >= 4 is 11.9 Å². The molecule has 1 fully saturated rings. The number of rotatable bonds is 5. The quantitative estimate of drug-likeness (QED) is 0.416. The zero-order chi connectivity index (χ0) is 14.7. The molecule has 0 aliphatic heterocycles. The fourth-order valence-electron chi connectivity index (χ4n) is 2.39. The number of hydrazine groups is 1. The Bertz CT molecular complexity index is 587. The van der Waals surface area contributed by atoms with Crippen molar-refractivity contribution in [1.29, 1.82) is 0 Å². The summed E-state index contributed by atoms with van der Waals surface area (Å²) in [7, 11) is 0. The van der Waals surface area contributed by atoms with Crippen LogP contribution in [0.3, 0.4) is 0 Å². The molecule has 1 aliphatic carbocycles. The number of hydrogen-bond donors (Lipinski definition) is 4. The van der Waals surface area contributed by atoms with Crippen LogP contribution in [-0.2, 0) is 0 Å².